The molecule has 2 rings (SSSR count). The van der Waals surface area contributed by atoms with Crippen molar-refractivity contribution in [2.24, 2.45) is 5.92 Å². The Labute approximate surface area is 146 Å². The molecule has 0 saturated heterocycles. The minimum Gasteiger partial charge on any atom is -0.237 e. The minimum absolute atomic E-state index is 0.00760. The highest BCUT2D eigenvalue weighted by Crippen LogP contribution is 2.26. The molecule has 1 N–H and O–H groups in total. The van der Waals surface area contributed by atoms with Crippen molar-refractivity contribution in [1.82, 2.24) is 4.72 Å². The van der Waals surface area contributed by atoms with Crippen molar-refractivity contribution >= 4 is 22.6 Å². The van der Waals surface area contributed by atoms with Crippen molar-refractivity contribution in [3.63, 3.8) is 0 Å². The topological polar surface area (TPSA) is 29.1 Å². The van der Waals surface area contributed by atoms with Gasteiger partial charge in [-0.3, -0.25) is 0 Å². The fourth-order valence-corrected chi connectivity index (χ4v) is 4.48. The van der Waals surface area contributed by atoms with E-state index in [1.807, 2.05) is 38.1 Å². The summed E-state index contributed by atoms with van der Waals surface area (Å²) in [6.45, 7) is 10.3. The SMILES string of the molecule is Cc1cc(C)c([S@](=O)N[C@H](c2ccc(Cl)cc2)C(C)C)c(C)c1. The molecule has 0 amide bonds. The Kier molecular flexibility index (Phi) is 6.01. The van der Waals surface area contributed by atoms with E-state index in [-0.39, 0.29) is 6.04 Å². The number of nitrogens with one attached hydrogen (secondary N) is 1. The molecule has 0 spiro atoms. The maximum absolute atomic E-state index is 12.9. The smallest absolute Gasteiger partial charge is 0.126 e. The molecule has 0 aliphatic carbocycles. The van der Waals surface area contributed by atoms with E-state index in [1.165, 1.54) is 5.56 Å². The molecule has 0 radical (unpaired) electrons. The summed E-state index contributed by atoms with van der Waals surface area (Å²) in [4.78, 5) is 0.884. The van der Waals surface area contributed by atoms with E-state index in [0.717, 1.165) is 21.6 Å². The highest BCUT2D eigenvalue weighted by Gasteiger charge is 2.20. The quantitative estimate of drug-likeness (QED) is 0.782. The molecule has 2 aromatic carbocycles. The third-order valence-electron chi connectivity index (χ3n) is 3.92. The van der Waals surface area contributed by atoms with Gasteiger partial charge in [-0.1, -0.05) is 55.3 Å². The molecule has 0 bridgehead atoms. The van der Waals surface area contributed by atoms with Crippen molar-refractivity contribution in [3.05, 3.63) is 63.7 Å². The van der Waals surface area contributed by atoms with E-state index in [4.69, 9.17) is 11.6 Å². The van der Waals surface area contributed by atoms with Gasteiger partial charge in [0, 0.05) is 11.1 Å². The lowest BCUT2D eigenvalue weighted by molar-refractivity contribution is 0.478. The van der Waals surface area contributed by atoms with E-state index in [2.05, 4.69) is 37.6 Å². The molecule has 0 unspecified atom stereocenters. The van der Waals surface area contributed by atoms with Crippen LogP contribution < -0.4 is 4.72 Å². The molecule has 0 fully saturated rings. The Bertz CT molecular complexity index is 687. The van der Waals surface area contributed by atoms with Crippen LogP contribution in [-0.2, 0) is 11.0 Å². The molecular weight excluding hydrogens is 326 g/mol. The number of hydrogen-bond acceptors (Lipinski definition) is 1. The molecule has 23 heavy (non-hydrogen) atoms. The van der Waals surface area contributed by atoms with Crippen molar-refractivity contribution in [3.8, 4) is 0 Å². The van der Waals surface area contributed by atoms with Crippen LogP contribution in [0, 0.1) is 26.7 Å². The highest BCUT2D eigenvalue weighted by atomic mass is 35.5. The monoisotopic (exact) mass is 349 g/mol. The van der Waals surface area contributed by atoms with Crippen LogP contribution in [0.1, 0.15) is 42.1 Å². The van der Waals surface area contributed by atoms with E-state index < -0.39 is 11.0 Å². The summed E-state index contributed by atoms with van der Waals surface area (Å²) in [5.41, 5.74) is 4.41. The van der Waals surface area contributed by atoms with E-state index >= 15 is 0 Å². The van der Waals surface area contributed by atoms with Gasteiger partial charge in [0.05, 0.1) is 4.90 Å². The van der Waals surface area contributed by atoms with Gasteiger partial charge >= 0.3 is 0 Å². The first-order valence-corrected chi connectivity index (χ1v) is 9.33. The van der Waals surface area contributed by atoms with Gasteiger partial charge in [-0.15, -0.1) is 0 Å². The van der Waals surface area contributed by atoms with Crippen LogP contribution in [0.2, 0.25) is 5.02 Å². The number of aryl methyl sites for hydroxylation is 3. The van der Waals surface area contributed by atoms with Crippen LogP contribution in [0.15, 0.2) is 41.3 Å². The zero-order chi connectivity index (χ0) is 17.1. The van der Waals surface area contributed by atoms with Crippen LogP contribution in [0.5, 0.6) is 0 Å². The average Bonchev–Trinajstić information content (AvgIpc) is 2.44. The lowest BCUT2D eigenvalue weighted by atomic mass is 9.97. The van der Waals surface area contributed by atoms with Gasteiger partial charge in [-0.2, -0.15) is 0 Å². The number of hydrogen-bond donors (Lipinski definition) is 1. The average molecular weight is 350 g/mol. The molecule has 0 saturated carbocycles. The van der Waals surface area contributed by atoms with Crippen molar-refractivity contribution in [2.75, 3.05) is 0 Å². The van der Waals surface area contributed by atoms with Gasteiger partial charge in [0.15, 0.2) is 0 Å². The third kappa shape index (κ3) is 4.43. The highest BCUT2D eigenvalue weighted by molar-refractivity contribution is 7.83. The van der Waals surface area contributed by atoms with Crippen LogP contribution >= 0.6 is 11.6 Å². The summed E-state index contributed by atoms with van der Waals surface area (Å²) in [7, 11) is -1.25. The molecule has 2 nitrogen and oxygen atoms in total. The van der Waals surface area contributed by atoms with Gasteiger partial charge in [-0.25, -0.2) is 8.93 Å². The summed E-state index contributed by atoms with van der Waals surface area (Å²) in [6.07, 6.45) is 0. The summed E-state index contributed by atoms with van der Waals surface area (Å²) < 4.78 is 16.2. The molecule has 2 atom stereocenters. The maximum Gasteiger partial charge on any atom is 0.126 e. The Morgan fingerprint density at radius 3 is 2.00 bits per heavy atom. The molecule has 0 heterocycles. The van der Waals surface area contributed by atoms with Crippen LogP contribution in [-0.4, -0.2) is 4.21 Å². The Morgan fingerprint density at radius 2 is 1.52 bits per heavy atom. The van der Waals surface area contributed by atoms with Gasteiger partial charge in [0.1, 0.15) is 11.0 Å². The second-order valence-electron chi connectivity index (χ2n) is 6.39. The number of rotatable bonds is 5. The molecule has 0 aliphatic heterocycles. The molecular formula is C19H24ClNOS. The van der Waals surface area contributed by atoms with E-state index in [9.17, 15) is 4.21 Å². The van der Waals surface area contributed by atoms with Crippen LogP contribution in [0.25, 0.3) is 0 Å². The van der Waals surface area contributed by atoms with Crippen molar-refractivity contribution in [1.29, 1.82) is 0 Å². The molecule has 0 aromatic heterocycles. The first-order valence-electron chi connectivity index (χ1n) is 7.81. The van der Waals surface area contributed by atoms with Gasteiger partial charge in [0.25, 0.3) is 0 Å². The Balaban J connectivity index is 2.31. The summed E-state index contributed by atoms with van der Waals surface area (Å²) >= 11 is 5.97. The van der Waals surface area contributed by atoms with Gasteiger partial charge in [0.2, 0.25) is 0 Å². The largest absolute Gasteiger partial charge is 0.237 e. The van der Waals surface area contributed by atoms with E-state index in [1.54, 1.807) is 0 Å². The third-order valence-corrected chi connectivity index (χ3v) is 5.65. The Morgan fingerprint density at radius 1 is 1.00 bits per heavy atom. The van der Waals surface area contributed by atoms with Gasteiger partial charge in [-0.05, 0) is 55.5 Å². The molecule has 0 aliphatic rings. The normalized spacial score (nSPS) is 14.0. The second-order valence-corrected chi connectivity index (χ2v) is 8.01. The van der Waals surface area contributed by atoms with Crippen LogP contribution in [0.3, 0.4) is 0 Å². The number of halogens is 1. The fourth-order valence-electron chi connectivity index (χ4n) is 2.89. The lowest BCUT2D eigenvalue weighted by Crippen LogP contribution is -2.28. The van der Waals surface area contributed by atoms with Gasteiger partial charge < -0.3 is 0 Å². The molecule has 4 heteroatoms. The first-order chi connectivity index (χ1) is 10.8. The zero-order valence-corrected chi connectivity index (χ0v) is 15.9. The Hall–Kier alpha value is -1.16. The fraction of sp³-hybridized carbons (Fsp3) is 0.368. The van der Waals surface area contributed by atoms with Crippen molar-refractivity contribution < 1.29 is 4.21 Å². The maximum atomic E-state index is 12.9. The summed E-state index contributed by atoms with van der Waals surface area (Å²) in [5, 5.41) is 0.711. The van der Waals surface area contributed by atoms with E-state index in [0.29, 0.717) is 10.9 Å². The predicted molar refractivity (Wildman–Crippen MR) is 99.2 cm³/mol. The zero-order valence-electron chi connectivity index (χ0n) is 14.3. The lowest BCUT2D eigenvalue weighted by Gasteiger charge is -2.23. The number of benzene rings is 2. The summed E-state index contributed by atoms with van der Waals surface area (Å²) in [6, 6.07) is 11.9. The molecule has 2 aromatic rings. The molecule has 124 valence electrons. The minimum atomic E-state index is -1.25. The first kappa shape index (κ1) is 18.2. The van der Waals surface area contributed by atoms with Crippen LogP contribution in [0.4, 0.5) is 0 Å². The predicted octanol–water partition coefficient (Wildman–Crippen LogP) is 5.27. The second kappa shape index (κ2) is 7.61. The standard InChI is InChI=1S/C19H24ClNOS/c1-12(2)18(16-6-8-17(20)9-7-16)21-23(22)19-14(4)10-13(3)11-15(19)5/h6-12,18,21H,1-5H3/t18-,23-/m0/s1. The summed E-state index contributed by atoms with van der Waals surface area (Å²) in [5.74, 6) is 0.311. The van der Waals surface area contributed by atoms with Crippen molar-refractivity contribution in [2.45, 2.75) is 45.6 Å².